The van der Waals surface area contributed by atoms with Crippen molar-refractivity contribution in [3.8, 4) is 16.9 Å². The van der Waals surface area contributed by atoms with E-state index in [2.05, 4.69) is 4.90 Å². The van der Waals surface area contributed by atoms with Gasteiger partial charge in [-0.3, -0.25) is 0 Å². The second-order valence-corrected chi connectivity index (χ2v) is 8.03. The van der Waals surface area contributed by atoms with Crippen LogP contribution in [0.5, 0.6) is 5.75 Å². The maximum absolute atomic E-state index is 13.5. The summed E-state index contributed by atoms with van der Waals surface area (Å²) in [5, 5.41) is 0. The first-order valence-electron chi connectivity index (χ1n) is 8.02. The number of piperazine rings is 1. The van der Waals surface area contributed by atoms with Crippen molar-refractivity contribution in [2.24, 2.45) is 0 Å². The zero-order chi connectivity index (χ0) is 18.0. The predicted octanol–water partition coefficient (Wildman–Crippen LogP) is 2.58. The van der Waals surface area contributed by atoms with Gasteiger partial charge in [-0.15, -0.1) is 0 Å². The Bertz CT molecular complexity index is 845. The van der Waals surface area contributed by atoms with Crippen molar-refractivity contribution in [3.05, 3.63) is 48.3 Å². The van der Waals surface area contributed by atoms with E-state index in [1.165, 1.54) is 23.7 Å². The Morgan fingerprint density at radius 3 is 2.12 bits per heavy atom. The molecule has 0 aliphatic carbocycles. The van der Waals surface area contributed by atoms with Gasteiger partial charge in [-0.25, -0.2) is 12.8 Å². The van der Waals surface area contributed by atoms with Crippen LogP contribution in [0, 0.1) is 5.82 Å². The maximum atomic E-state index is 13.5. The fraction of sp³-hybridized carbons (Fsp3) is 0.333. The monoisotopic (exact) mass is 364 g/mol. The zero-order valence-corrected chi connectivity index (χ0v) is 15.1. The van der Waals surface area contributed by atoms with Crippen molar-refractivity contribution in [1.82, 2.24) is 4.31 Å². The molecule has 1 aliphatic rings. The van der Waals surface area contributed by atoms with E-state index in [1.807, 2.05) is 24.3 Å². The molecule has 1 heterocycles. The Hall–Kier alpha value is -2.12. The van der Waals surface area contributed by atoms with Crippen molar-refractivity contribution in [2.45, 2.75) is 0 Å². The first kappa shape index (κ1) is 17.7. The fourth-order valence-corrected chi connectivity index (χ4v) is 3.81. The average Bonchev–Trinajstić information content (AvgIpc) is 2.62. The molecule has 1 fully saturated rings. The van der Waals surface area contributed by atoms with E-state index in [0.29, 0.717) is 26.2 Å². The van der Waals surface area contributed by atoms with E-state index < -0.39 is 10.0 Å². The van der Waals surface area contributed by atoms with Gasteiger partial charge < -0.3 is 9.64 Å². The molecule has 5 nitrogen and oxygen atoms in total. The van der Waals surface area contributed by atoms with Crippen molar-refractivity contribution in [2.75, 3.05) is 44.4 Å². The third-order valence-electron chi connectivity index (χ3n) is 4.42. The molecule has 0 radical (unpaired) electrons. The van der Waals surface area contributed by atoms with E-state index in [0.717, 1.165) is 16.8 Å². The molecule has 2 aromatic rings. The number of halogens is 1. The molecule has 1 aliphatic heterocycles. The molecule has 25 heavy (non-hydrogen) atoms. The molecule has 0 bridgehead atoms. The number of methoxy groups -OCH3 is 1. The van der Waals surface area contributed by atoms with Crippen LogP contribution in [-0.2, 0) is 10.0 Å². The largest absolute Gasteiger partial charge is 0.494 e. The summed E-state index contributed by atoms with van der Waals surface area (Å²) < 4.78 is 43.2. The summed E-state index contributed by atoms with van der Waals surface area (Å²) in [7, 11) is -1.67. The number of ether oxygens (including phenoxy) is 1. The molecule has 0 amide bonds. The van der Waals surface area contributed by atoms with Gasteiger partial charge in [0.2, 0.25) is 10.0 Å². The number of hydrogen-bond donors (Lipinski definition) is 0. The van der Waals surface area contributed by atoms with Gasteiger partial charge >= 0.3 is 0 Å². The average molecular weight is 364 g/mol. The van der Waals surface area contributed by atoms with Gasteiger partial charge in [-0.1, -0.05) is 18.2 Å². The third-order valence-corrected chi connectivity index (χ3v) is 5.73. The van der Waals surface area contributed by atoms with E-state index in [9.17, 15) is 12.8 Å². The third kappa shape index (κ3) is 3.93. The van der Waals surface area contributed by atoms with Crippen molar-refractivity contribution >= 4 is 15.7 Å². The first-order chi connectivity index (χ1) is 11.9. The van der Waals surface area contributed by atoms with Crippen LogP contribution >= 0.6 is 0 Å². The number of hydrogen-bond acceptors (Lipinski definition) is 4. The summed E-state index contributed by atoms with van der Waals surface area (Å²) in [6, 6.07) is 12.7. The van der Waals surface area contributed by atoms with E-state index in [1.54, 1.807) is 12.1 Å². The molecule has 2 aromatic carbocycles. The first-order valence-corrected chi connectivity index (χ1v) is 9.87. The van der Waals surface area contributed by atoms with Crippen LogP contribution < -0.4 is 9.64 Å². The molecule has 1 saturated heterocycles. The van der Waals surface area contributed by atoms with Gasteiger partial charge in [-0.2, -0.15) is 4.31 Å². The molecular formula is C18H21FN2O3S. The number of anilines is 1. The second kappa shape index (κ2) is 7.01. The van der Waals surface area contributed by atoms with Crippen LogP contribution in [0.2, 0.25) is 0 Å². The standard InChI is InChI=1S/C18H21FN2O3S/c1-24-18-13-15(5-8-17(18)19)14-3-6-16(7-4-14)20-9-11-21(12-10-20)25(2,22)23/h3-8,13H,9-12H2,1-2H3. The lowest BCUT2D eigenvalue weighted by molar-refractivity contribution is 0.387. The van der Waals surface area contributed by atoms with Gasteiger partial charge in [0.25, 0.3) is 0 Å². The van der Waals surface area contributed by atoms with Gasteiger partial charge in [0, 0.05) is 31.9 Å². The zero-order valence-electron chi connectivity index (χ0n) is 14.3. The Morgan fingerprint density at radius 1 is 0.960 bits per heavy atom. The predicted molar refractivity (Wildman–Crippen MR) is 97.0 cm³/mol. The summed E-state index contributed by atoms with van der Waals surface area (Å²) >= 11 is 0. The minimum Gasteiger partial charge on any atom is -0.494 e. The summed E-state index contributed by atoms with van der Waals surface area (Å²) in [6.07, 6.45) is 1.24. The van der Waals surface area contributed by atoms with Gasteiger partial charge in [0.1, 0.15) is 0 Å². The van der Waals surface area contributed by atoms with Crippen LogP contribution in [0.15, 0.2) is 42.5 Å². The highest BCUT2D eigenvalue weighted by Crippen LogP contribution is 2.28. The molecule has 0 atom stereocenters. The Kier molecular flexibility index (Phi) is 4.96. The Morgan fingerprint density at radius 2 is 1.56 bits per heavy atom. The normalized spacial score (nSPS) is 16.0. The molecule has 7 heteroatoms. The minimum atomic E-state index is -3.12. The van der Waals surface area contributed by atoms with E-state index in [4.69, 9.17) is 4.74 Å². The molecule has 3 rings (SSSR count). The molecule has 0 aromatic heterocycles. The SMILES string of the molecule is COc1cc(-c2ccc(N3CCN(S(C)(=O)=O)CC3)cc2)ccc1F. The van der Waals surface area contributed by atoms with E-state index >= 15 is 0 Å². The van der Waals surface area contributed by atoms with Crippen LogP contribution in [-0.4, -0.2) is 52.3 Å². The summed E-state index contributed by atoms with van der Waals surface area (Å²) in [6.45, 7) is 2.32. The molecule has 0 spiro atoms. The topological polar surface area (TPSA) is 49.9 Å². The van der Waals surface area contributed by atoms with Gasteiger partial charge in [-0.05, 0) is 35.4 Å². The summed E-state index contributed by atoms with van der Waals surface area (Å²) in [5.74, 6) is -0.162. The highest BCUT2D eigenvalue weighted by Gasteiger charge is 2.23. The van der Waals surface area contributed by atoms with Crippen molar-refractivity contribution in [3.63, 3.8) is 0 Å². The lowest BCUT2D eigenvalue weighted by Crippen LogP contribution is -2.48. The van der Waals surface area contributed by atoms with Gasteiger partial charge in [0.05, 0.1) is 13.4 Å². The molecule has 0 unspecified atom stereocenters. The molecule has 0 saturated carbocycles. The highest BCUT2D eigenvalue weighted by molar-refractivity contribution is 7.88. The van der Waals surface area contributed by atoms with Crippen molar-refractivity contribution in [1.29, 1.82) is 0 Å². The van der Waals surface area contributed by atoms with E-state index in [-0.39, 0.29) is 11.6 Å². The number of rotatable bonds is 4. The van der Waals surface area contributed by atoms with Crippen LogP contribution in [0.1, 0.15) is 0 Å². The van der Waals surface area contributed by atoms with Crippen molar-refractivity contribution < 1.29 is 17.5 Å². The Labute approximate surface area is 147 Å². The molecule has 134 valence electrons. The van der Waals surface area contributed by atoms with Crippen LogP contribution in [0.4, 0.5) is 10.1 Å². The maximum Gasteiger partial charge on any atom is 0.211 e. The van der Waals surface area contributed by atoms with Crippen LogP contribution in [0.3, 0.4) is 0 Å². The number of sulfonamides is 1. The molecule has 0 N–H and O–H groups in total. The van der Waals surface area contributed by atoms with Crippen LogP contribution in [0.25, 0.3) is 11.1 Å². The lowest BCUT2D eigenvalue weighted by atomic mass is 10.0. The minimum absolute atomic E-state index is 0.221. The summed E-state index contributed by atoms with van der Waals surface area (Å²) in [5.41, 5.74) is 2.90. The summed E-state index contributed by atoms with van der Waals surface area (Å²) in [4.78, 5) is 2.16. The number of benzene rings is 2. The fourth-order valence-electron chi connectivity index (χ4n) is 2.98. The second-order valence-electron chi connectivity index (χ2n) is 6.05. The quantitative estimate of drug-likeness (QED) is 0.837. The highest BCUT2D eigenvalue weighted by atomic mass is 32.2. The smallest absolute Gasteiger partial charge is 0.211 e. The van der Waals surface area contributed by atoms with Gasteiger partial charge in [0.15, 0.2) is 11.6 Å². The molecular weight excluding hydrogens is 343 g/mol. The lowest BCUT2D eigenvalue weighted by Gasteiger charge is -2.34. The number of nitrogens with zero attached hydrogens (tertiary/aromatic N) is 2. The Balaban J connectivity index is 1.73.